The largest absolute Gasteiger partial charge is 0.365 e. The van der Waals surface area contributed by atoms with Gasteiger partial charge in [-0.05, 0) is 45.1 Å². The Bertz CT molecular complexity index is 261. The van der Waals surface area contributed by atoms with Gasteiger partial charge in [0.2, 0.25) is 5.91 Å². The zero-order valence-electron chi connectivity index (χ0n) is 12.9. The van der Waals surface area contributed by atoms with Crippen molar-refractivity contribution in [1.82, 2.24) is 10.6 Å². The van der Waals surface area contributed by atoms with Gasteiger partial charge < -0.3 is 15.4 Å². The van der Waals surface area contributed by atoms with Crippen molar-refractivity contribution in [3.05, 3.63) is 0 Å². The first-order valence-electron chi connectivity index (χ1n) is 7.69. The summed E-state index contributed by atoms with van der Waals surface area (Å²) >= 11 is 0. The van der Waals surface area contributed by atoms with Gasteiger partial charge in [0.15, 0.2) is 0 Å². The maximum absolute atomic E-state index is 11.8. The van der Waals surface area contributed by atoms with Crippen LogP contribution in [-0.4, -0.2) is 37.2 Å². The van der Waals surface area contributed by atoms with Gasteiger partial charge in [0.05, 0.1) is 6.10 Å². The summed E-state index contributed by atoms with van der Waals surface area (Å²) in [4.78, 5) is 11.8. The summed E-state index contributed by atoms with van der Waals surface area (Å²) in [6, 6.07) is 0.634. The molecule has 0 saturated heterocycles. The number of carbonyl (C=O) groups is 1. The Kier molecular flexibility index (Phi) is 7.39. The standard InChI is InChI=1S/C15H30N2O2/c1-5-16-13-6-8-14(9-7-13)19-12(4)15(18)17-10-11(2)3/h11-14,16H,5-10H2,1-4H3,(H,17,18). The van der Waals surface area contributed by atoms with Gasteiger partial charge in [0.1, 0.15) is 6.10 Å². The molecule has 4 heteroatoms. The lowest BCUT2D eigenvalue weighted by Crippen LogP contribution is -2.41. The molecule has 1 aliphatic rings. The van der Waals surface area contributed by atoms with E-state index in [4.69, 9.17) is 4.74 Å². The number of hydrogen-bond acceptors (Lipinski definition) is 3. The van der Waals surface area contributed by atoms with Crippen molar-refractivity contribution in [2.24, 2.45) is 5.92 Å². The summed E-state index contributed by atoms with van der Waals surface area (Å²) in [5, 5.41) is 6.40. The first-order valence-corrected chi connectivity index (χ1v) is 7.69. The van der Waals surface area contributed by atoms with Crippen LogP contribution in [-0.2, 0) is 9.53 Å². The van der Waals surface area contributed by atoms with Crippen molar-refractivity contribution in [2.45, 2.75) is 71.6 Å². The second-order valence-corrected chi connectivity index (χ2v) is 5.95. The van der Waals surface area contributed by atoms with E-state index in [0.717, 1.165) is 38.8 Å². The number of rotatable bonds is 7. The topological polar surface area (TPSA) is 50.4 Å². The molecule has 1 rings (SSSR count). The van der Waals surface area contributed by atoms with Crippen LogP contribution in [0.25, 0.3) is 0 Å². The summed E-state index contributed by atoms with van der Waals surface area (Å²) < 4.78 is 5.87. The average molecular weight is 270 g/mol. The minimum Gasteiger partial charge on any atom is -0.365 e. The van der Waals surface area contributed by atoms with E-state index in [1.807, 2.05) is 6.92 Å². The van der Waals surface area contributed by atoms with Gasteiger partial charge >= 0.3 is 0 Å². The number of amides is 1. The van der Waals surface area contributed by atoms with E-state index in [0.29, 0.717) is 12.0 Å². The molecule has 112 valence electrons. The fourth-order valence-corrected chi connectivity index (χ4v) is 2.49. The molecule has 19 heavy (non-hydrogen) atoms. The van der Waals surface area contributed by atoms with E-state index in [1.165, 1.54) is 0 Å². The van der Waals surface area contributed by atoms with Crippen LogP contribution in [0.15, 0.2) is 0 Å². The quantitative estimate of drug-likeness (QED) is 0.745. The molecule has 1 atom stereocenters. The van der Waals surface area contributed by atoms with Gasteiger partial charge in [-0.2, -0.15) is 0 Å². The van der Waals surface area contributed by atoms with Gasteiger partial charge in [-0.25, -0.2) is 0 Å². The highest BCUT2D eigenvalue weighted by atomic mass is 16.5. The SMILES string of the molecule is CCNC1CCC(OC(C)C(=O)NCC(C)C)CC1. The van der Waals surface area contributed by atoms with Gasteiger partial charge in [-0.3, -0.25) is 4.79 Å². The fraction of sp³-hybridized carbons (Fsp3) is 0.933. The van der Waals surface area contributed by atoms with Crippen LogP contribution in [0.4, 0.5) is 0 Å². The number of nitrogens with one attached hydrogen (secondary N) is 2. The molecular weight excluding hydrogens is 240 g/mol. The molecule has 0 aromatic rings. The maximum atomic E-state index is 11.8. The number of hydrogen-bond donors (Lipinski definition) is 2. The molecule has 1 saturated carbocycles. The summed E-state index contributed by atoms with van der Waals surface area (Å²) in [5.74, 6) is 0.495. The first-order chi connectivity index (χ1) is 9.02. The zero-order valence-corrected chi connectivity index (χ0v) is 12.9. The van der Waals surface area contributed by atoms with Crippen molar-refractivity contribution in [1.29, 1.82) is 0 Å². The van der Waals surface area contributed by atoms with Crippen LogP contribution in [0.5, 0.6) is 0 Å². The third-order valence-corrected chi connectivity index (χ3v) is 3.62. The Labute approximate surface area is 117 Å². The average Bonchev–Trinajstić information content (AvgIpc) is 2.38. The van der Waals surface area contributed by atoms with E-state index in [-0.39, 0.29) is 18.1 Å². The van der Waals surface area contributed by atoms with Crippen LogP contribution >= 0.6 is 0 Å². The van der Waals surface area contributed by atoms with Crippen LogP contribution in [0.3, 0.4) is 0 Å². The third-order valence-electron chi connectivity index (χ3n) is 3.62. The first kappa shape index (κ1) is 16.4. The zero-order chi connectivity index (χ0) is 14.3. The van der Waals surface area contributed by atoms with Crippen molar-refractivity contribution in [3.8, 4) is 0 Å². The van der Waals surface area contributed by atoms with E-state index in [9.17, 15) is 4.79 Å². The molecule has 1 aliphatic carbocycles. The number of ether oxygens (including phenoxy) is 1. The summed E-state index contributed by atoms with van der Waals surface area (Å²) in [6.07, 6.45) is 4.32. The summed E-state index contributed by atoms with van der Waals surface area (Å²) in [7, 11) is 0. The molecule has 1 unspecified atom stereocenters. The lowest BCUT2D eigenvalue weighted by molar-refractivity contribution is -0.136. The minimum atomic E-state index is -0.334. The molecule has 2 N–H and O–H groups in total. The van der Waals surface area contributed by atoms with Gasteiger partial charge in [0.25, 0.3) is 0 Å². The van der Waals surface area contributed by atoms with Crippen LogP contribution in [0.2, 0.25) is 0 Å². The molecule has 0 bridgehead atoms. The third kappa shape index (κ3) is 6.39. The van der Waals surface area contributed by atoms with Crippen molar-refractivity contribution >= 4 is 5.91 Å². The van der Waals surface area contributed by atoms with Gasteiger partial charge in [-0.1, -0.05) is 20.8 Å². The molecule has 1 fully saturated rings. The monoisotopic (exact) mass is 270 g/mol. The molecular formula is C15H30N2O2. The molecule has 0 aliphatic heterocycles. The predicted octanol–water partition coefficient (Wildman–Crippen LogP) is 2.08. The molecule has 0 spiro atoms. The fourth-order valence-electron chi connectivity index (χ4n) is 2.49. The van der Waals surface area contributed by atoms with Crippen LogP contribution < -0.4 is 10.6 Å². The normalized spacial score (nSPS) is 25.3. The highest BCUT2D eigenvalue weighted by Crippen LogP contribution is 2.22. The van der Waals surface area contributed by atoms with Gasteiger partial charge in [0, 0.05) is 12.6 Å². The van der Waals surface area contributed by atoms with Gasteiger partial charge in [-0.15, -0.1) is 0 Å². The predicted molar refractivity (Wildman–Crippen MR) is 78.1 cm³/mol. The molecule has 0 heterocycles. The Hall–Kier alpha value is -0.610. The Morgan fingerprint density at radius 1 is 1.21 bits per heavy atom. The molecule has 4 nitrogen and oxygen atoms in total. The Balaban J connectivity index is 2.22. The number of carbonyl (C=O) groups excluding carboxylic acids is 1. The van der Waals surface area contributed by atoms with Crippen molar-refractivity contribution in [3.63, 3.8) is 0 Å². The maximum Gasteiger partial charge on any atom is 0.248 e. The lowest BCUT2D eigenvalue weighted by Gasteiger charge is -2.30. The molecule has 0 aromatic heterocycles. The van der Waals surface area contributed by atoms with Crippen LogP contribution in [0, 0.1) is 5.92 Å². The molecule has 0 aromatic carbocycles. The minimum absolute atomic E-state index is 0.0162. The van der Waals surface area contributed by atoms with E-state index in [2.05, 4.69) is 31.4 Å². The van der Waals surface area contributed by atoms with Crippen LogP contribution in [0.1, 0.15) is 53.4 Å². The van der Waals surface area contributed by atoms with E-state index in [1.54, 1.807) is 0 Å². The van der Waals surface area contributed by atoms with Crippen molar-refractivity contribution in [2.75, 3.05) is 13.1 Å². The highest BCUT2D eigenvalue weighted by molar-refractivity contribution is 5.80. The molecule has 0 radical (unpaired) electrons. The Morgan fingerprint density at radius 2 is 1.84 bits per heavy atom. The summed E-state index contributed by atoms with van der Waals surface area (Å²) in [6.45, 7) is 9.93. The Morgan fingerprint density at radius 3 is 2.37 bits per heavy atom. The van der Waals surface area contributed by atoms with E-state index < -0.39 is 0 Å². The second kappa shape index (κ2) is 8.54. The van der Waals surface area contributed by atoms with E-state index >= 15 is 0 Å². The van der Waals surface area contributed by atoms with Crippen molar-refractivity contribution < 1.29 is 9.53 Å². The lowest BCUT2D eigenvalue weighted by atomic mass is 9.93. The smallest absolute Gasteiger partial charge is 0.248 e. The molecule has 1 amide bonds. The highest BCUT2D eigenvalue weighted by Gasteiger charge is 2.24. The summed E-state index contributed by atoms with van der Waals surface area (Å²) in [5.41, 5.74) is 0. The second-order valence-electron chi connectivity index (χ2n) is 5.95.